The van der Waals surface area contributed by atoms with Crippen molar-refractivity contribution in [2.45, 2.75) is 31.4 Å². The van der Waals surface area contributed by atoms with Gasteiger partial charge in [0.1, 0.15) is 6.10 Å². The molecular formula is C27H34FN3O5. The largest absolute Gasteiger partial charge is 0.493 e. The number of halogens is 1. The lowest BCUT2D eigenvalue weighted by Gasteiger charge is -2.23. The fourth-order valence-electron chi connectivity index (χ4n) is 4.36. The Bertz CT molecular complexity index is 1030. The highest BCUT2D eigenvalue weighted by Gasteiger charge is 2.34. The molecule has 0 aromatic heterocycles. The van der Waals surface area contributed by atoms with E-state index in [-0.39, 0.29) is 18.1 Å². The van der Waals surface area contributed by atoms with Gasteiger partial charge in [-0.2, -0.15) is 0 Å². The third-order valence-corrected chi connectivity index (χ3v) is 6.03. The zero-order valence-electron chi connectivity index (χ0n) is 20.8. The minimum absolute atomic E-state index is 0.0518. The number of benzene rings is 2. The van der Waals surface area contributed by atoms with E-state index < -0.39 is 12.8 Å². The van der Waals surface area contributed by atoms with Crippen molar-refractivity contribution in [2.75, 3.05) is 45.8 Å². The lowest BCUT2D eigenvalue weighted by Crippen LogP contribution is -2.40. The summed E-state index contributed by atoms with van der Waals surface area (Å²) in [5.41, 5.74) is 1.78. The molecule has 0 unspecified atom stereocenters. The van der Waals surface area contributed by atoms with Crippen molar-refractivity contribution in [1.29, 1.82) is 0 Å². The van der Waals surface area contributed by atoms with Crippen molar-refractivity contribution in [3.05, 3.63) is 66.2 Å². The predicted molar refractivity (Wildman–Crippen MR) is 137 cm³/mol. The SMILES string of the molecule is C=CCN1C[C@H](OC(=O)Nc2ccccc2)C[C@H]1CNC(=O)c1cc(CCCF)cc(OC)c1OC. The Labute approximate surface area is 211 Å². The molecule has 194 valence electrons. The van der Waals surface area contributed by atoms with E-state index in [1.54, 1.807) is 30.3 Å². The third kappa shape index (κ3) is 7.21. The topological polar surface area (TPSA) is 89.1 Å². The molecule has 2 aromatic rings. The maximum Gasteiger partial charge on any atom is 0.411 e. The summed E-state index contributed by atoms with van der Waals surface area (Å²) in [6.45, 7) is 4.84. The normalized spacial score (nSPS) is 17.3. The summed E-state index contributed by atoms with van der Waals surface area (Å²) in [6, 6.07) is 12.5. The second kappa shape index (κ2) is 13.5. The van der Waals surface area contributed by atoms with Gasteiger partial charge in [-0.3, -0.25) is 19.4 Å². The predicted octanol–water partition coefficient (Wildman–Crippen LogP) is 4.21. The van der Waals surface area contributed by atoms with Crippen LogP contribution in [0.1, 0.15) is 28.8 Å². The molecule has 9 heteroatoms. The number of hydrogen-bond acceptors (Lipinski definition) is 6. The Balaban J connectivity index is 1.64. The van der Waals surface area contributed by atoms with Gasteiger partial charge < -0.3 is 19.5 Å². The number of likely N-dealkylation sites (tertiary alicyclic amines) is 1. The van der Waals surface area contributed by atoms with Crippen molar-refractivity contribution in [2.24, 2.45) is 0 Å². The van der Waals surface area contributed by atoms with Crippen LogP contribution >= 0.6 is 0 Å². The van der Waals surface area contributed by atoms with E-state index in [1.165, 1.54) is 14.2 Å². The van der Waals surface area contributed by atoms with E-state index in [9.17, 15) is 14.0 Å². The van der Waals surface area contributed by atoms with Crippen LogP contribution < -0.4 is 20.1 Å². The number of alkyl halides is 1. The molecular weight excluding hydrogens is 465 g/mol. The number of nitrogens with one attached hydrogen (secondary N) is 2. The number of methoxy groups -OCH3 is 2. The summed E-state index contributed by atoms with van der Waals surface area (Å²) >= 11 is 0. The minimum atomic E-state index is -0.517. The number of aryl methyl sites for hydroxylation is 1. The molecule has 0 saturated carbocycles. The van der Waals surface area contributed by atoms with Crippen LogP contribution in [0.25, 0.3) is 0 Å². The lowest BCUT2D eigenvalue weighted by molar-refractivity contribution is 0.0937. The van der Waals surface area contributed by atoms with Crippen LogP contribution in [0.15, 0.2) is 55.1 Å². The van der Waals surface area contributed by atoms with E-state index in [0.29, 0.717) is 61.6 Å². The molecule has 2 N–H and O–H groups in total. The summed E-state index contributed by atoms with van der Waals surface area (Å²) in [5.74, 6) is 0.426. The summed E-state index contributed by atoms with van der Waals surface area (Å²) in [6.07, 6.45) is 2.34. The molecule has 0 radical (unpaired) electrons. The van der Waals surface area contributed by atoms with Crippen molar-refractivity contribution < 1.29 is 28.2 Å². The molecule has 0 bridgehead atoms. The average Bonchev–Trinajstić information content (AvgIpc) is 3.26. The van der Waals surface area contributed by atoms with Gasteiger partial charge in [-0.1, -0.05) is 24.3 Å². The van der Waals surface area contributed by atoms with Crippen LogP contribution in [0.3, 0.4) is 0 Å². The third-order valence-electron chi connectivity index (χ3n) is 6.03. The van der Waals surface area contributed by atoms with Crippen molar-refractivity contribution >= 4 is 17.7 Å². The Morgan fingerprint density at radius 2 is 1.97 bits per heavy atom. The van der Waals surface area contributed by atoms with E-state index in [0.717, 1.165) is 5.56 Å². The Kier molecular flexibility index (Phi) is 10.1. The molecule has 3 rings (SSSR count). The van der Waals surface area contributed by atoms with Crippen LogP contribution in [-0.2, 0) is 11.2 Å². The van der Waals surface area contributed by atoms with Gasteiger partial charge in [0.2, 0.25) is 0 Å². The van der Waals surface area contributed by atoms with Crippen molar-refractivity contribution in [3.63, 3.8) is 0 Å². The number of hydrogen-bond donors (Lipinski definition) is 2. The van der Waals surface area contributed by atoms with Gasteiger partial charge in [-0.05, 0) is 42.7 Å². The number of nitrogens with zero attached hydrogens (tertiary/aromatic N) is 1. The standard InChI is InChI=1S/C27H34FN3O5/c1-4-13-31-18-22(36-27(33)30-20-10-6-5-7-11-20)16-21(31)17-29-26(32)23-14-19(9-8-12-28)15-24(34-2)25(23)35-3/h4-7,10-11,14-15,21-22H,1,8-9,12-13,16-18H2,2-3H3,(H,29,32)(H,30,33)/t21-,22+/m0/s1. The number of para-hydroxylation sites is 1. The van der Waals surface area contributed by atoms with Crippen LogP contribution in [0, 0.1) is 0 Å². The molecule has 36 heavy (non-hydrogen) atoms. The number of anilines is 1. The molecule has 2 aromatic carbocycles. The average molecular weight is 500 g/mol. The Morgan fingerprint density at radius 1 is 1.19 bits per heavy atom. The number of ether oxygens (including phenoxy) is 3. The molecule has 8 nitrogen and oxygen atoms in total. The Hall–Kier alpha value is -3.59. The van der Waals surface area contributed by atoms with E-state index in [4.69, 9.17) is 14.2 Å². The number of carbonyl (C=O) groups excluding carboxylic acids is 2. The zero-order chi connectivity index (χ0) is 25.9. The molecule has 1 saturated heterocycles. The van der Waals surface area contributed by atoms with Gasteiger partial charge in [-0.25, -0.2) is 4.79 Å². The summed E-state index contributed by atoms with van der Waals surface area (Å²) in [7, 11) is 2.97. The molecule has 1 fully saturated rings. The minimum Gasteiger partial charge on any atom is -0.493 e. The van der Waals surface area contributed by atoms with Crippen LogP contribution in [0.4, 0.5) is 14.9 Å². The molecule has 1 aliphatic rings. The molecule has 1 heterocycles. The monoisotopic (exact) mass is 499 g/mol. The molecule has 0 spiro atoms. The van der Waals surface area contributed by atoms with Crippen molar-refractivity contribution in [1.82, 2.24) is 10.2 Å². The molecule has 0 aliphatic carbocycles. The smallest absolute Gasteiger partial charge is 0.411 e. The number of amides is 2. The number of rotatable bonds is 12. The van der Waals surface area contributed by atoms with Crippen LogP contribution in [-0.4, -0.2) is 69.6 Å². The highest BCUT2D eigenvalue weighted by Crippen LogP contribution is 2.33. The van der Waals surface area contributed by atoms with Gasteiger partial charge in [0.05, 0.1) is 26.5 Å². The van der Waals surface area contributed by atoms with E-state index in [1.807, 2.05) is 18.2 Å². The highest BCUT2D eigenvalue weighted by molar-refractivity contribution is 5.98. The molecule has 2 amide bonds. The second-order valence-corrected chi connectivity index (χ2v) is 8.53. The zero-order valence-corrected chi connectivity index (χ0v) is 20.8. The van der Waals surface area contributed by atoms with E-state index >= 15 is 0 Å². The van der Waals surface area contributed by atoms with Crippen molar-refractivity contribution in [3.8, 4) is 11.5 Å². The quantitative estimate of drug-likeness (QED) is 0.425. The summed E-state index contributed by atoms with van der Waals surface area (Å²) in [4.78, 5) is 27.6. The highest BCUT2D eigenvalue weighted by atomic mass is 19.1. The molecule has 1 aliphatic heterocycles. The van der Waals surface area contributed by atoms with Crippen LogP contribution in [0.2, 0.25) is 0 Å². The lowest BCUT2D eigenvalue weighted by atomic mass is 10.0. The van der Waals surface area contributed by atoms with Gasteiger partial charge in [-0.15, -0.1) is 6.58 Å². The number of carbonyl (C=O) groups is 2. The first kappa shape index (κ1) is 27.0. The second-order valence-electron chi connectivity index (χ2n) is 8.53. The fraction of sp³-hybridized carbons (Fsp3) is 0.407. The van der Waals surface area contributed by atoms with Gasteiger partial charge in [0, 0.05) is 37.8 Å². The maximum atomic E-state index is 13.1. The van der Waals surface area contributed by atoms with E-state index in [2.05, 4.69) is 22.1 Å². The Morgan fingerprint density at radius 3 is 2.64 bits per heavy atom. The fourth-order valence-corrected chi connectivity index (χ4v) is 4.36. The summed E-state index contributed by atoms with van der Waals surface area (Å²) < 4.78 is 29.2. The first-order valence-electron chi connectivity index (χ1n) is 12.0. The van der Waals surface area contributed by atoms with Crippen LogP contribution in [0.5, 0.6) is 11.5 Å². The van der Waals surface area contributed by atoms with Gasteiger partial charge >= 0.3 is 6.09 Å². The van der Waals surface area contributed by atoms with Gasteiger partial charge in [0.25, 0.3) is 5.91 Å². The maximum absolute atomic E-state index is 13.1. The first-order chi connectivity index (χ1) is 17.5. The van der Waals surface area contributed by atoms with Gasteiger partial charge in [0.15, 0.2) is 11.5 Å². The summed E-state index contributed by atoms with van der Waals surface area (Å²) in [5, 5.41) is 5.70. The first-order valence-corrected chi connectivity index (χ1v) is 12.0. The molecule has 2 atom stereocenters.